The van der Waals surface area contributed by atoms with E-state index in [9.17, 15) is 22.8 Å². The molecule has 1 fully saturated rings. The van der Waals surface area contributed by atoms with Gasteiger partial charge in [-0.25, -0.2) is 17.9 Å². The smallest absolute Gasteiger partial charge is 0.340 e. The Labute approximate surface area is 225 Å². The third kappa shape index (κ3) is 5.63. The number of nitrogens with zero attached hydrogens (tertiary/aromatic N) is 3. The van der Waals surface area contributed by atoms with Crippen LogP contribution in [0.1, 0.15) is 35.8 Å². The number of rotatable bonds is 7. The number of carbonyl (C=O) groups is 2. The van der Waals surface area contributed by atoms with Gasteiger partial charge in [-0.3, -0.25) is 19.0 Å². The SMILES string of the molecule is Cc1c(NS(=O)(=O)c2ccc(Cl)c(C(=O)OCC(=O)N3CCCC(C)C3)c2)c(=O)n(-c2ccccc2)n1C. The molecule has 0 bridgehead atoms. The summed E-state index contributed by atoms with van der Waals surface area (Å²) >= 11 is 6.16. The Hall–Kier alpha value is -3.57. The first kappa shape index (κ1) is 27.5. The van der Waals surface area contributed by atoms with Crippen LogP contribution in [0.4, 0.5) is 5.69 Å². The first-order chi connectivity index (χ1) is 18.0. The maximum atomic E-state index is 13.2. The van der Waals surface area contributed by atoms with Gasteiger partial charge in [-0.1, -0.05) is 36.7 Å². The van der Waals surface area contributed by atoms with Gasteiger partial charge < -0.3 is 9.64 Å². The minimum absolute atomic E-state index is 0.0321. The average molecular weight is 561 g/mol. The number of hydrogen-bond acceptors (Lipinski definition) is 6. The molecule has 12 heteroatoms. The Morgan fingerprint density at radius 3 is 2.55 bits per heavy atom. The maximum absolute atomic E-state index is 13.2. The van der Waals surface area contributed by atoms with Gasteiger partial charge in [0, 0.05) is 20.1 Å². The topological polar surface area (TPSA) is 120 Å². The Balaban J connectivity index is 1.54. The summed E-state index contributed by atoms with van der Waals surface area (Å²) in [4.78, 5) is 39.7. The van der Waals surface area contributed by atoms with E-state index in [0.29, 0.717) is 30.4 Å². The maximum Gasteiger partial charge on any atom is 0.340 e. The van der Waals surface area contributed by atoms with Gasteiger partial charge in [-0.05, 0) is 56.0 Å². The highest BCUT2D eigenvalue weighted by atomic mass is 35.5. The number of para-hydroxylation sites is 1. The van der Waals surface area contributed by atoms with Crippen molar-refractivity contribution in [2.45, 2.75) is 31.6 Å². The predicted molar refractivity (Wildman–Crippen MR) is 143 cm³/mol. The predicted octanol–water partition coefficient (Wildman–Crippen LogP) is 3.35. The number of piperidine rings is 1. The number of hydrogen-bond donors (Lipinski definition) is 1. The van der Waals surface area contributed by atoms with Gasteiger partial charge >= 0.3 is 5.97 Å². The van der Waals surface area contributed by atoms with E-state index in [4.69, 9.17) is 16.3 Å². The van der Waals surface area contributed by atoms with Crippen LogP contribution in [0.2, 0.25) is 5.02 Å². The van der Waals surface area contributed by atoms with Crippen LogP contribution in [0.3, 0.4) is 0 Å². The third-order valence-corrected chi connectivity index (χ3v) is 8.27. The highest BCUT2D eigenvalue weighted by Gasteiger charge is 2.26. The summed E-state index contributed by atoms with van der Waals surface area (Å²) in [7, 11) is -2.65. The van der Waals surface area contributed by atoms with Crippen molar-refractivity contribution in [1.82, 2.24) is 14.3 Å². The number of anilines is 1. The van der Waals surface area contributed by atoms with Crippen LogP contribution in [-0.4, -0.2) is 54.3 Å². The van der Waals surface area contributed by atoms with Crippen LogP contribution in [0, 0.1) is 12.8 Å². The number of benzene rings is 2. The number of carbonyl (C=O) groups excluding carboxylic acids is 2. The average Bonchev–Trinajstić information content (AvgIpc) is 3.10. The molecule has 10 nitrogen and oxygen atoms in total. The van der Waals surface area contributed by atoms with Crippen LogP contribution in [-0.2, 0) is 26.6 Å². The fourth-order valence-electron chi connectivity index (χ4n) is 4.42. The fraction of sp³-hybridized carbons (Fsp3) is 0.346. The number of aromatic nitrogens is 2. The number of amides is 1. The molecule has 2 aromatic carbocycles. The summed E-state index contributed by atoms with van der Waals surface area (Å²) in [5.74, 6) is -0.870. The molecular formula is C26H29ClN4O6S. The zero-order chi connectivity index (χ0) is 27.6. The first-order valence-corrected chi connectivity index (χ1v) is 14.0. The Morgan fingerprint density at radius 1 is 1.16 bits per heavy atom. The van der Waals surface area contributed by atoms with Gasteiger partial charge in [-0.2, -0.15) is 0 Å². The lowest BCUT2D eigenvalue weighted by atomic mass is 10.0. The van der Waals surface area contributed by atoms with E-state index in [2.05, 4.69) is 11.6 Å². The molecule has 4 rings (SSSR count). The first-order valence-electron chi connectivity index (χ1n) is 12.1. The lowest BCUT2D eigenvalue weighted by Gasteiger charge is -2.30. The molecule has 0 spiro atoms. The highest BCUT2D eigenvalue weighted by Crippen LogP contribution is 2.24. The molecule has 1 aliphatic heterocycles. The molecule has 1 aromatic heterocycles. The molecule has 1 N–H and O–H groups in total. The number of nitrogens with one attached hydrogen (secondary N) is 1. The molecule has 1 unspecified atom stereocenters. The summed E-state index contributed by atoms with van der Waals surface area (Å²) in [6, 6.07) is 12.3. The number of esters is 1. The molecule has 38 heavy (non-hydrogen) atoms. The second kappa shape index (κ2) is 11.0. The number of halogens is 1. The van der Waals surface area contributed by atoms with E-state index in [0.717, 1.165) is 18.9 Å². The molecule has 0 aliphatic carbocycles. The van der Waals surface area contributed by atoms with E-state index in [1.54, 1.807) is 53.9 Å². The number of likely N-dealkylation sites (tertiary alicyclic amines) is 1. The van der Waals surface area contributed by atoms with Crippen LogP contribution >= 0.6 is 11.6 Å². The summed E-state index contributed by atoms with van der Waals surface area (Å²) in [5, 5.41) is -0.0321. The van der Waals surface area contributed by atoms with E-state index >= 15 is 0 Å². The Bertz CT molecular complexity index is 1530. The molecule has 1 saturated heterocycles. The van der Waals surface area contributed by atoms with Gasteiger partial charge in [0.2, 0.25) is 0 Å². The molecule has 0 radical (unpaired) electrons. The molecule has 0 saturated carbocycles. The molecule has 3 aromatic rings. The van der Waals surface area contributed by atoms with E-state index < -0.39 is 28.2 Å². The largest absolute Gasteiger partial charge is 0.452 e. The van der Waals surface area contributed by atoms with Crippen LogP contribution in [0.5, 0.6) is 0 Å². The molecular weight excluding hydrogens is 532 g/mol. The van der Waals surface area contributed by atoms with Crippen molar-refractivity contribution in [2.75, 3.05) is 24.4 Å². The molecule has 1 aliphatic rings. The second-order valence-electron chi connectivity index (χ2n) is 9.35. The minimum Gasteiger partial charge on any atom is -0.452 e. The fourth-order valence-corrected chi connectivity index (χ4v) is 5.76. The second-order valence-corrected chi connectivity index (χ2v) is 11.4. The summed E-state index contributed by atoms with van der Waals surface area (Å²) in [6.45, 7) is 4.40. The molecule has 1 atom stereocenters. The Kier molecular flexibility index (Phi) is 7.98. The lowest BCUT2D eigenvalue weighted by molar-refractivity contribution is -0.136. The van der Waals surface area contributed by atoms with Crippen LogP contribution in [0.15, 0.2) is 58.2 Å². The van der Waals surface area contributed by atoms with E-state index in [-0.39, 0.29) is 27.1 Å². The van der Waals surface area contributed by atoms with Crippen molar-refractivity contribution in [3.8, 4) is 5.69 Å². The minimum atomic E-state index is -4.29. The van der Waals surface area contributed by atoms with Crippen molar-refractivity contribution < 1.29 is 22.7 Å². The third-order valence-electron chi connectivity index (χ3n) is 6.60. The van der Waals surface area contributed by atoms with Gasteiger partial charge in [0.25, 0.3) is 21.5 Å². The zero-order valence-corrected chi connectivity index (χ0v) is 22.9. The standard InChI is InChI=1S/C26H29ClN4O6S/c1-17-8-7-13-30(15-17)23(32)16-37-26(34)21-14-20(11-12-22(21)27)38(35,36)28-24-18(2)29(3)31(25(24)33)19-9-5-4-6-10-19/h4-6,9-12,14,17,28H,7-8,13,15-16H2,1-3H3. The number of sulfonamides is 1. The van der Waals surface area contributed by atoms with E-state index in [1.165, 1.54) is 16.8 Å². The van der Waals surface area contributed by atoms with E-state index in [1.807, 2.05) is 0 Å². The van der Waals surface area contributed by atoms with Gasteiger partial charge in [0.15, 0.2) is 6.61 Å². The van der Waals surface area contributed by atoms with Crippen molar-refractivity contribution >= 4 is 39.2 Å². The Morgan fingerprint density at radius 2 is 1.87 bits per heavy atom. The van der Waals surface area contributed by atoms with Crippen molar-refractivity contribution in [3.05, 3.63) is 75.2 Å². The highest BCUT2D eigenvalue weighted by molar-refractivity contribution is 7.92. The van der Waals surface area contributed by atoms with Crippen molar-refractivity contribution in [3.63, 3.8) is 0 Å². The molecule has 2 heterocycles. The summed E-state index contributed by atoms with van der Waals surface area (Å²) in [6.07, 6.45) is 1.92. The van der Waals surface area contributed by atoms with Gasteiger partial charge in [0.05, 0.1) is 26.9 Å². The van der Waals surface area contributed by atoms with Crippen LogP contribution in [0.25, 0.3) is 5.69 Å². The summed E-state index contributed by atoms with van der Waals surface area (Å²) < 4.78 is 36.9. The lowest BCUT2D eigenvalue weighted by Crippen LogP contribution is -2.41. The number of ether oxygens (including phenoxy) is 1. The van der Waals surface area contributed by atoms with Crippen LogP contribution < -0.4 is 10.3 Å². The molecule has 1 amide bonds. The van der Waals surface area contributed by atoms with Crippen molar-refractivity contribution in [2.24, 2.45) is 13.0 Å². The monoisotopic (exact) mass is 560 g/mol. The molecule has 202 valence electrons. The van der Waals surface area contributed by atoms with Gasteiger partial charge in [0.1, 0.15) is 5.69 Å². The van der Waals surface area contributed by atoms with Gasteiger partial charge in [-0.15, -0.1) is 0 Å². The zero-order valence-electron chi connectivity index (χ0n) is 21.3. The normalized spacial score (nSPS) is 15.8. The quantitative estimate of drug-likeness (QED) is 0.443. The summed E-state index contributed by atoms with van der Waals surface area (Å²) in [5.41, 5.74) is 0.0664. The van der Waals surface area contributed by atoms with Crippen molar-refractivity contribution in [1.29, 1.82) is 0 Å².